The molecule has 0 amide bonds. The Hall–Kier alpha value is -1.07. The van der Waals surface area contributed by atoms with E-state index in [0.29, 0.717) is 12.2 Å². The lowest BCUT2D eigenvalue weighted by Crippen LogP contribution is -2.29. The van der Waals surface area contributed by atoms with Crippen LogP contribution in [-0.4, -0.2) is 20.7 Å². The molecule has 1 saturated carbocycles. The van der Waals surface area contributed by atoms with Gasteiger partial charge in [-0.1, -0.05) is 12.1 Å². The summed E-state index contributed by atoms with van der Waals surface area (Å²) < 4.78 is 25.3. The number of sulfonamides is 1. The van der Waals surface area contributed by atoms with Crippen LogP contribution in [0.4, 0.5) is 5.69 Å². The summed E-state index contributed by atoms with van der Waals surface area (Å²) >= 11 is 0. The van der Waals surface area contributed by atoms with E-state index in [2.05, 4.69) is 0 Å². The second-order valence-corrected chi connectivity index (χ2v) is 6.33. The van der Waals surface area contributed by atoms with Gasteiger partial charge in [-0.25, -0.2) is 8.42 Å². The first kappa shape index (κ1) is 11.4. The van der Waals surface area contributed by atoms with E-state index in [0.717, 1.165) is 18.4 Å². The van der Waals surface area contributed by atoms with Crippen LogP contribution in [0.1, 0.15) is 18.4 Å². The lowest BCUT2D eigenvalue weighted by molar-refractivity contribution is 0.593. The smallest absolute Gasteiger partial charge is 0.237 e. The number of anilines is 1. The van der Waals surface area contributed by atoms with Crippen molar-refractivity contribution in [1.82, 2.24) is 0 Å². The number of rotatable bonds is 4. The molecule has 1 aromatic carbocycles. The zero-order valence-corrected chi connectivity index (χ0v) is 10.1. The van der Waals surface area contributed by atoms with E-state index in [1.165, 1.54) is 4.31 Å². The van der Waals surface area contributed by atoms with E-state index in [9.17, 15) is 8.42 Å². The van der Waals surface area contributed by atoms with Gasteiger partial charge in [-0.05, 0) is 30.5 Å². The molecule has 0 unspecified atom stereocenters. The maximum absolute atomic E-state index is 11.9. The van der Waals surface area contributed by atoms with Crippen LogP contribution in [0, 0.1) is 0 Å². The molecule has 0 aromatic heterocycles. The third-order valence-electron chi connectivity index (χ3n) is 2.86. The minimum atomic E-state index is -3.14. The van der Waals surface area contributed by atoms with Crippen molar-refractivity contribution in [3.05, 3.63) is 29.8 Å². The van der Waals surface area contributed by atoms with Gasteiger partial charge in [0.1, 0.15) is 0 Å². The van der Waals surface area contributed by atoms with Gasteiger partial charge in [0, 0.05) is 13.6 Å². The van der Waals surface area contributed by atoms with Crippen molar-refractivity contribution >= 4 is 15.7 Å². The topological polar surface area (TPSA) is 63.4 Å². The molecule has 1 aromatic rings. The summed E-state index contributed by atoms with van der Waals surface area (Å²) in [7, 11) is -1.53. The Labute approximate surface area is 96.1 Å². The predicted molar refractivity (Wildman–Crippen MR) is 64.7 cm³/mol. The van der Waals surface area contributed by atoms with Crippen molar-refractivity contribution in [3.8, 4) is 0 Å². The molecule has 5 heteroatoms. The fourth-order valence-electron chi connectivity index (χ4n) is 1.58. The summed E-state index contributed by atoms with van der Waals surface area (Å²) in [5.74, 6) is 0. The maximum Gasteiger partial charge on any atom is 0.237 e. The van der Waals surface area contributed by atoms with Crippen LogP contribution in [0.15, 0.2) is 24.3 Å². The van der Waals surface area contributed by atoms with E-state index in [1.54, 1.807) is 19.2 Å². The van der Waals surface area contributed by atoms with Crippen LogP contribution in [0.25, 0.3) is 0 Å². The number of hydrogen-bond acceptors (Lipinski definition) is 3. The van der Waals surface area contributed by atoms with E-state index < -0.39 is 10.0 Å². The number of hydrogen-bond donors (Lipinski definition) is 1. The van der Waals surface area contributed by atoms with E-state index >= 15 is 0 Å². The average Bonchev–Trinajstić information content (AvgIpc) is 3.12. The molecule has 2 N–H and O–H groups in total. The van der Waals surface area contributed by atoms with E-state index in [4.69, 9.17) is 5.73 Å². The Morgan fingerprint density at radius 1 is 1.31 bits per heavy atom. The van der Waals surface area contributed by atoms with Crippen molar-refractivity contribution < 1.29 is 8.42 Å². The highest BCUT2D eigenvalue weighted by molar-refractivity contribution is 7.93. The highest BCUT2D eigenvalue weighted by Gasteiger charge is 2.38. The lowest BCUT2D eigenvalue weighted by Gasteiger charge is -2.19. The zero-order valence-electron chi connectivity index (χ0n) is 9.26. The highest BCUT2D eigenvalue weighted by atomic mass is 32.2. The molecular formula is C11H16N2O2S. The summed E-state index contributed by atoms with van der Waals surface area (Å²) in [6.07, 6.45) is 1.57. The second kappa shape index (κ2) is 4.07. The zero-order chi connectivity index (χ0) is 11.8. The van der Waals surface area contributed by atoms with Gasteiger partial charge < -0.3 is 5.73 Å². The summed E-state index contributed by atoms with van der Waals surface area (Å²) in [5.41, 5.74) is 7.19. The largest absolute Gasteiger partial charge is 0.326 e. The molecule has 1 aliphatic carbocycles. The molecule has 1 fully saturated rings. The summed E-state index contributed by atoms with van der Waals surface area (Å²) in [5, 5.41) is -0.174. The van der Waals surface area contributed by atoms with Crippen LogP contribution < -0.4 is 10.0 Å². The van der Waals surface area contributed by atoms with Gasteiger partial charge >= 0.3 is 0 Å². The van der Waals surface area contributed by atoms with Gasteiger partial charge in [0.15, 0.2) is 0 Å². The molecule has 0 radical (unpaired) electrons. The molecule has 0 heterocycles. The standard InChI is InChI=1S/C11H16N2O2S/c1-13(16(14,15)11-6-7-11)10-4-2-9(8-12)3-5-10/h2-5,11H,6-8,12H2,1H3. The van der Waals surface area contributed by atoms with Crippen molar-refractivity contribution in [1.29, 1.82) is 0 Å². The summed E-state index contributed by atoms with van der Waals surface area (Å²) in [4.78, 5) is 0. The Bertz CT molecular complexity index is 463. The van der Waals surface area contributed by atoms with Gasteiger partial charge in [0.25, 0.3) is 0 Å². The normalized spacial score (nSPS) is 16.1. The fourth-order valence-corrected chi connectivity index (χ4v) is 3.17. The molecule has 4 nitrogen and oxygen atoms in total. The lowest BCUT2D eigenvalue weighted by atomic mass is 10.2. The molecular weight excluding hydrogens is 224 g/mol. The third kappa shape index (κ3) is 2.05. The van der Waals surface area contributed by atoms with Crippen LogP contribution >= 0.6 is 0 Å². The van der Waals surface area contributed by atoms with Crippen LogP contribution in [0.3, 0.4) is 0 Å². The Balaban J connectivity index is 2.23. The molecule has 1 aliphatic rings. The average molecular weight is 240 g/mol. The SMILES string of the molecule is CN(c1ccc(CN)cc1)S(=O)(=O)C1CC1. The minimum Gasteiger partial charge on any atom is -0.326 e. The van der Waals surface area contributed by atoms with Crippen LogP contribution in [0.2, 0.25) is 0 Å². The molecule has 0 saturated heterocycles. The fraction of sp³-hybridized carbons (Fsp3) is 0.455. The first-order valence-corrected chi connectivity index (χ1v) is 6.83. The monoisotopic (exact) mass is 240 g/mol. The molecule has 0 atom stereocenters. The Morgan fingerprint density at radius 2 is 1.88 bits per heavy atom. The number of nitrogens with two attached hydrogens (primary N) is 1. The Morgan fingerprint density at radius 3 is 2.31 bits per heavy atom. The van der Waals surface area contributed by atoms with Crippen molar-refractivity contribution in [2.45, 2.75) is 24.6 Å². The molecule has 0 spiro atoms. The van der Waals surface area contributed by atoms with Gasteiger partial charge in [0.2, 0.25) is 10.0 Å². The van der Waals surface area contributed by atoms with Gasteiger partial charge in [0.05, 0.1) is 10.9 Å². The van der Waals surface area contributed by atoms with Crippen molar-refractivity contribution in [2.24, 2.45) is 5.73 Å². The molecule has 88 valence electrons. The predicted octanol–water partition coefficient (Wildman–Crippen LogP) is 1.07. The first-order valence-electron chi connectivity index (χ1n) is 5.32. The summed E-state index contributed by atoms with van der Waals surface area (Å²) in [6, 6.07) is 7.30. The van der Waals surface area contributed by atoms with Crippen LogP contribution in [-0.2, 0) is 16.6 Å². The molecule has 0 bridgehead atoms. The van der Waals surface area contributed by atoms with E-state index in [-0.39, 0.29) is 5.25 Å². The molecule has 2 rings (SSSR count). The third-order valence-corrected chi connectivity index (χ3v) is 5.15. The van der Waals surface area contributed by atoms with Gasteiger partial charge in [-0.3, -0.25) is 4.31 Å². The summed E-state index contributed by atoms with van der Waals surface area (Å²) in [6.45, 7) is 0.472. The van der Waals surface area contributed by atoms with Crippen LogP contribution in [0.5, 0.6) is 0 Å². The maximum atomic E-state index is 11.9. The highest BCUT2D eigenvalue weighted by Crippen LogP contribution is 2.32. The quantitative estimate of drug-likeness (QED) is 0.856. The molecule has 0 aliphatic heterocycles. The van der Waals surface area contributed by atoms with E-state index in [1.807, 2.05) is 12.1 Å². The number of benzene rings is 1. The number of nitrogens with zero attached hydrogens (tertiary/aromatic N) is 1. The van der Waals surface area contributed by atoms with Crippen molar-refractivity contribution in [3.63, 3.8) is 0 Å². The molecule has 16 heavy (non-hydrogen) atoms. The van der Waals surface area contributed by atoms with Crippen molar-refractivity contribution in [2.75, 3.05) is 11.4 Å². The first-order chi connectivity index (χ1) is 7.55. The minimum absolute atomic E-state index is 0.174. The van der Waals surface area contributed by atoms with Gasteiger partial charge in [-0.2, -0.15) is 0 Å². The second-order valence-electron chi connectivity index (χ2n) is 4.08. The van der Waals surface area contributed by atoms with Gasteiger partial charge in [-0.15, -0.1) is 0 Å². The Kier molecular flexibility index (Phi) is 2.90.